The Hall–Kier alpha value is -0.610. The maximum atomic E-state index is 11.7. The minimum absolute atomic E-state index is 0.0367. The summed E-state index contributed by atoms with van der Waals surface area (Å²) >= 11 is 0. The molecular weight excluding hydrogens is 204 g/mol. The van der Waals surface area contributed by atoms with Gasteiger partial charge in [-0.3, -0.25) is 4.79 Å². The van der Waals surface area contributed by atoms with E-state index in [-0.39, 0.29) is 23.7 Å². The Labute approximate surface area is 97.1 Å². The van der Waals surface area contributed by atoms with E-state index in [1.807, 2.05) is 6.92 Å². The van der Waals surface area contributed by atoms with Gasteiger partial charge in [-0.1, -0.05) is 6.92 Å². The fourth-order valence-electron chi connectivity index (χ4n) is 2.32. The molecule has 1 saturated heterocycles. The van der Waals surface area contributed by atoms with E-state index in [0.29, 0.717) is 0 Å². The molecule has 0 radical (unpaired) electrons. The van der Waals surface area contributed by atoms with Crippen molar-refractivity contribution in [3.8, 4) is 0 Å². The Kier molecular flexibility index (Phi) is 3.22. The molecule has 0 unspecified atom stereocenters. The lowest BCUT2D eigenvalue weighted by atomic mass is 9.75. The zero-order valence-corrected chi connectivity index (χ0v) is 10.3. The second-order valence-corrected chi connectivity index (χ2v) is 5.38. The summed E-state index contributed by atoms with van der Waals surface area (Å²) in [6.07, 6.45) is 4.50. The van der Waals surface area contributed by atoms with Gasteiger partial charge in [-0.25, -0.2) is 0 Å². The molecule has 4 heteroatoms. The van der Waals surface area contributed by atoms with Crippen LogP contribution in [0.15, 0.2) is 0 Å². The number of hydrogen-bond acceptors (Lipinski definition) is 3. The minimum atomic E-state index is -0.129. The van der Waals surface area contributed by atoms with Gasteiger partial charge in [0.05, 0.1) is 5.60 Å². The standard InChI is InChI=1S/C12H22N2O2/c1-3-12(5-4-6-12)14-10(15)7-16-11(2)8-13-9-11/h13H,3-9H2,1-2H3,(H,14,15). The summed E-state index contributed by atoms with van der Waals surface area (Å²) in [6, 6.07) is 0. The SMILES string of the molecule is CCC1(NC(=O)COC2(C)CNC2)CCC1. The van der Waals surface area contributed by atoms with Crippen molar-refractivity contribution in [1.82, 2.24) is 10.6 Å². The molecular formula is C12H22N2O2. The normalized spacial score (nSPS) is 25.4. The summed E-state index contributed by atoms with van der Waals surface area (Å²) in [5.74, 6) is 0.0367. The van der Waals surface area contributed by atoms with Gasteiger partial charge in [-0.05, 0) is 32.6 Å². The summed E-state index contributed by atoms with van der Waals surface area (Å²) in [5, 5.41) is 6.27. The lowest BCUT2D eigenvalue weighted by Gasteiger charge is -2.43. The maximum Gasteiger partial charge on any atom is 0.246 e. The van der Waals surface area contributed by atoms with Crippen LogP contribution in [-0.2, 0) is 9.53 Å². The van der Waals surface area contributed by atoms with E-state index in [4.69, 9.17) is 4.74 Å². The second-order valence-electron chi connectivity index (χ2n) is 5.38. The zero-order valence-electron chi connectivity index (χ0n) is 10.3. The van der Waals surface area contributed by atoms with Crippen molar-refractivity contribution < 1.29 is 9.53 Å². The molecule has 16 heavy (non-hydrogen) atoms. The highest BCUT2D eigenvalue weighted by Crippen LogP contribution is 2.34. The van der Waals surface area contributed by atoms with Crippen LogP contribution < -0.4 is 10.6 Å². The van der Waals surface area contributed by atoms with Crippen LogP contribution in [0.5, 0.6) is 0 Å². The molecule has 0 aromatic heterocycles. The Morgan fingerprint density at radius 1 is 1.44 bits per heavy atom. The van der Waals surface area contributed by atoms with E-state index in [9.17, 15) is 4.79 Å². The first-order chi connectivity index (χ1) is 7.58. The topological polar surface area (TPSA) is 50.4 Å². The highest BCUT2D eigenvalue weighted by atomic mass is 16.5. The first-order valence-corrected chi connectivity index (χ1v) is 6.23. The molecule has 0 spiro atoms. The predicted molar refractivity (Wildman–Crippen MR) is 62.2 cm³/mol. The van der Waals surface area contributed by atoms with E-state index in [2.05, 4.69) is 17.6 Å². The Bertz CT molecular complexity index is 265. The number of rotatable bonds is 5. The molecule has 0 bridgehead atoms. The summed E-state index contributed by atoms with van der Waals surface area (Å²) < 4.78 is 5.61. The highest BCUT2D eigenvalue weighted by Gasteiger charge is 2.37. The summed E-state index contributed by atoms with van der Waals surface area (Å²) in [5.41, 5.74) is -0.0461. The van der Waals surface area contributed by atoms with Crippen LogP contribution in [0, 0.1) is 0 Å². The maximum absolute atomic E-state index is 11.7. The first-order valence-electron chi connectivity index (χ1n) is 6.23. The summed E-state index contributed by atoms with van der Waals surface area (Å²) in [7, 11) is 0. The summed E-state index contributed by atoms with van der Waals surface area (Å²) in [4.78, 5) is 11.7. The van der Waals surface area contributed by atoms with Crippen LogP contribution in [0.2, 0.25) is 0 Å². The third kappa shape index (κ3) is 2.38. The summed E-state index contributed by atoms with van der Waals surface area (Å²) in [6.45, 7) is 6.06. The largest absolute Gasteiger partial charge is 0.363 e. The number of ether oxygens (including phenoxy) is 1. The average Bonchev–Trinajstić information content (AvgIpc) is 2.18. The number of amides is 1. The molecule has 92 valence electrons. The average molecular weight is 226 g/mol. The number of carbonyl (C=O) groups excluding carboxylic acids is 1. The van der Waals surface area contributed by atoms with Gasteiger partial charge in [0.1, 0.15) is 6.61 Å². The third-order valence-corrected chi connectivity index (χ3v) is 3.94. The smallest absolute Gasteiger partial charge is 0.246 e. The molecule has 1 aliphatic carbocycles. The van der Waals surface area contributed by atoms with Crippen LogP contribution >= 0.6 is 0 Å². The highest BCUT2D eigenvalue weighted by molar-refractivity contribution is 5.78. The third-order valence-electron chi connectivity index (χ3n) is 3.94. The molecule has 2 aliphatic rings. The Morgan fingerprint density at radius 2 is 2.12 bits per heavy atom. The second kappa shape index (κ2) is 4.34. The van der Waals surface area contributed by atoms with Gasteiger partial charge in [-0.2, -0.15) is 0 Å². The quantitative estimate of drug-likeness (QED) is 0.729. The van der Waals surface area contributed by atoms with Gasteiger partial charge in [0.2, 0.25) is 5.91 Å². The molecule has 0 aromatic rings. The molecule has 0 atom stereocenters. The van der Waals surface area contributed by atoms with E-state index in [1.165, 1.54) is 6.42 Å². The molecule has 1 heterocycles. The number of carbonyl (C=O) groups is 1. The van der Waals surface area contributed by atoms with Crippen molar-refractivity contribution in [3.05, 3.63) is 0 Å². The molecule has 0 aromatic carbocycles. The predicted octanol–water partition coefficient (Wildman–Crippen LogP) is 0.814. The molecule has 1 aliphatic heterocycles. The van der Waals surface area contributed by atoms with Crippen molar-refractivity contribution in [2.24, 2.45) is 0 Å². The van der Waals surface area contributed by atoms with Gasteiger partial charge in [0.15, 0.2) is 0 Å². The van der Waals surface area contributed by atoms with Gasteiger partial charge < -0.3 is 15.4 Å². The molecule has 4 nitrogen and oxygen atoms in total. The van der Waals surface area contributed by atoms with Gasteiger partial charge in [-0.15, -0.1) is 0 Å². The zero-order chi connectivity index (χ0) is 11.6. The molecule has 1 amide bonds. The van der Waals surface area contributed by atoms with Crippen LogP contribution in [0.3, 0.4) is 0 Å². The Balaban J connectivity index is 1.71. The van der Waals surface area contributed by atoms with Crippen LogP contribution in [-0.4, -0.2) is 36.7 Å². The fourth-order valence-corrected chi connectivity index (χ4v) is 2.32. The lowest BCUT2D eigenvalue weighted by molar-refractivity contribution is -0.138. The number of hydrogen-bond donors (Lipinski definition) is 2. The van der Waals surface area contributed by atoms with Crippen molar-refractivity contribution in [3.63, 3.8) is 0 Å². The van der Waals surface area contributed by atoms with Gasteiger partial charge >= 0.3 is 0 Å². The van der Waals surface area contributed by atoms with Gasteiger partial charge in [0.25, 0.3) is 0 Å². The van der Waals surface area contributed by atoms with E-state index < -0.39 is 0 Å². The molecule has 2 fully saturated rings. The molecule has 2 N–H and O–H groups in total. The lowest BCUT2D eigenvalue weighted by Crippen LogP contribution is -2.60. The first kappa shape index (κ1) is 11.9. The fraction of sp³-hybridized carbons (Fsp3) is 0.917. The molecule has 2 rings (SSSR count). The van der Waals surface area contributed by atoms with Crippen LogP contribution in [0.1, 0.15) is 39.5 Å². The van der Waals surface area contributed by atoms with Crippen molar-refractivity contribution >= 4 is 5.91 Å². The van der Waals surface area contributed by atoms with Crippen molar-refractivity contribution in [2.45, 2.75) is 50.7 Å². The van der Waals surface area contributed by atoms with Crippen molar-refractivity contribution in [1.29, 1.82) is 0 Å². The van der Waals surface area contributed by atoms with E-state index >= 15 is 0 Å². The molecule has 1 saturated carbocycles. The van der Waals surface area contributed by atoms with E-state index in [0.717, 1.165) is 32.4 Å². The monoisotopic (exact) mass is 226 g/mol. The minimum Gasteiger partial charge on any atom is -0.363 e. The van der Waals surface area contributed by atoms with E-state index in [1.54, 1.807) is 0 Å². The Morgan fingerprint density at radius 3 is 2.50 bits per heavy atom. The van der Waals surface area contributed by atoms with Gasteiger partial charge in [0, 0.05) is 18.6 Å². The van der Waals surface area contributed by atoms with Crippen molar-refractivity contribution in [2.75, 3.05) is 19.7 Å². The van der Waals surface area contributed by atoms with Crippen LogP contribution in [0.25, 0.3) is 0 Å². The van der Waals surface area contributed by atoms with Crippen LogP contribution in [0.4, 0.5) is 0 Å². The number of nitrogens with one attached hydrogen (secondary N) is 2.